The minimum atomic E-state index is 0.942. The van der Waals surface area contributed by atoms with Gasteiger partial charge in [-0.2, -0.15) is 0 Å². The third-order valence-electron chi connectivity index (χ3n) is 7.83. The third kappa shape index (κ3) is 2.62. The highest BCUT2D eigenvalue weighted by molar-refractivity contribution is 5.24. The zero-order valence-corrected chi connectivity index (χ0v) is 14.2. The van der Waals surface area contributed by atoms with Crippen molar-refractivity contribution in [2.45, 2.75) is 78.1 Å². The summed E-state index contributed by atoms with van der Waals surface area (Å²) < 4.78 is 0. The fourth-order valence-corrected chi connectivity index (χ4v) is 6.18. The average molecular weight is 287 g/mol. The molecule has 4 rings (SSSR count). The molecule has 0 heterocycles. The van der Waals surface area contributed by atoms with Crippen molar-refractivity contribution in [3.63, 3.8) is 0 Å². The van der Waals surface area contributed by atoms with Crippen molar-refractivity contribution in [3.05, 3.63) is 11.6 Å². The van der Waals surface area contributed by atoms with Crippen molar-refractivity contribution in [2.75, 3.05) is 0 Å². The molecule has 7 atom stereocenters. The smallest absolute Gasteiger partial charge is 0.0143 e. The standard InChI is InChI=1S/C21H34/c1-14-7-9-16-11-17-5-3-4-6-18-13-19(10-8-15(14)2)21(18)20(17)12-16/h12,14-19,21H,3-11,13H2,1-2H3/t14?,15?,16-,17?,18?,19+,21?/m0/s1. The van der Waals surface area contributed by atoms with E-state index in [-0.39, 0.29) is 0 Å². The van der Waals surface area contributed by atoms with E-state index >= 15 is 0 Å². The Morgan fingerprint density at radius 3 is 2.33 bits per heavy atom. The van der Waals surface area contributed by atoms with Gasteiger partial charge in [-0.1, -0.05) is 44.8 Å². The molecule has 2 saturated carbocycles. The van der Waals surface area contributed by atoms with Crippen LogP contribution in [0, 0.1) is 41.4 Å². The molecule has 118 valence electrons. The van der Waals surface area contributed by atoms with E-state index in [1.165, 1.54) is 51.4 Å². The van der Waals surface area contributed by atoms with Crippen molar-refractivity contribution in [1.82, 2.24) is 0 Å². The summed E-state index contributed by atoms with van der Waals surface area (Å²) in [5, 5.41) is 0. The largest absolute Gasteiger partial charge is 0.0816 e. The van der Waals surface area contributed by atoms with Crippen molar-refractivity contribution in [1.29, 1.82) is 0 Å². The highest BCUT2D eigenvalue weighted by Crippen LogP contribution is 2.56. The molecule has 0 aliphatic heterocycles. The second-order valence-electron chi connectivity index (χ2n) is 9.03. The third-order valence-corrected chi connectivity index (χ3v) is 7.83. The van der Waals surface area contributed by atoms with Crippen LogP contribution in [0.25, 0.3) is 0 Å². The molecule has 2 fully saturated rings. The molecular formula is C21H34. The van der Waals surface area contributed by atoms with Gasteiger partial charge < -0.3 is 0 Å². The Labute approximate surface area is 131 Å². The lowest BCUT2D eigenvalue weighted by Crippen LogP contribution is -2.40. The Balaban J connectivity index is 1.59. The second kappa shape index (κ2) is 5.74. The normalized spacial score (nSPS) is 50.2. The lowest BCUT2D eigenvalue weighted by Gasteiger charge is -2.49. The first kappa shape index (κ1) is 14.3. The van der Waals surface area contributed by atoms with E-state index in [2.05, 4.69) is 19.9 Å². The highest BCUT2D eigenvalue weighted by Gasteiger charge is 2.46. The first-order chi connectivity index (χ1) is 10.2. The van der Waals surface area contributed by atoms with E-state index in [4.69, 9.17) is 0 Å². The molecule has 0 amide bonds. The highest BCUT2D eigenvalue weighted by atomic mass is 14.5. The van der Waals surface area contributed by atoms with Gasteiger partial charge in [-0.3, -0.25) is 0 Å². The lowest BCUT2D eigenvalue weighted by atomic mass is 9.56. The van der Waals surface area contributed by atoms with Crippen LogP contribution in [-0.2, 0) is 0 Å². The van der Waals surface area contributed by atoms with Crippen LogP contribution < -0.4 is 0 Å². The Hall–Kier alpha value is -0.260. The van der Waals surface area contributed by atoms with Gasteiger partial charge in [0.2, 0.25) is 0 Å². The van der Waals surface area contributed by atoms with Crippen molar-refractivity contribution >= 4 is 0 Å². The second-order valence-corrected chi connectivity index (χ2v) is 9.03. The number of rotatable bonds is 0. The van der Waals surface area contributed by atoms with E-state index in [1.807, 2.05) is 5.57 Å². The number of hydrogen-bond donors (Lipinski definition) is 0. The number of fused-ring (bicyclic) bond motifs is 1. The van der Waals surface area contributed by atoms with Crippen LogP contribution in [0.1, 0.15) is 78.1 Å². The molecular weight excluding hydrogens is 252 g/mol. The summed E-state index contributed by atoms with van der Waals surface area (Å²) in [5.74, 6) is 7.01. The van der Waals surface area contributed by atoms with Crippen molar-refractivity contribution in [2.24, 2.45) is 41.4 Å². The predicted molar refractivity (Wildman–Crippen MR) is 90.0 cm³/mol. The van der Waals surface area contributed by atoms with Crippen LogP contribution in [0.2, 0.25) is 0 Å². The van der Waals surface area contributed by atoms with E-state index in [9.17, 15) is 0 Å². The molecule has 5 unspecified atom stereocenters. The summed E-state index contributed by atoms with van der Waals surface area (Å²) in [7, 11) is 0. The minimum Gasteiger partial charge on any atom is -0.0816 e. The first-order valence-corrected chi connectivity index (χ1v) is 9.94. The molecule has 0 nitrogen and oxygen atoms in total. The first-order valence-electron chi connectivity index (χ1n) is 9.94. The maximum atomic E-state index is 2.81. The van der Waals surface area contributed by atoms with Gasteiger partial charge in [0.05, 0.1) is 0 Å². The zero-order chi connectivity index (χ0) is 14.4. The van der Waals surface area contributed by atoms with Gasteiger partial charge in [0.15, 0.2) is 0 Å². The van der Waals surface area contributed by atoms with Gasteiger partial charge in [0, 0.05) is 0 Å². The van der Waals surface area contributed by atoms with Crippen LogP contribution >= 0.6 is 0 Å². The summed E-state index contributed by atoms with van der Waals surface area (Å²) in [6, 6.07) is 0. The molecule has 0 aromatic carbocycles. The predicted octanol–water partition coefficient (Wildman–Crippen LogP) is 6.22. The van der Waals surface area contributed by atoms with E-state index in [0.717, 1.165) is 41.4 Å². The van der Waals surface area contributed by atoms with Gasteiger partial charge in [0.1, 0.15) is 0 Å². The maximum absolute atomic E-state index is 2.81. The van der Waals surface area contributed by atoms with E-state index in [1.54, 1.807) is 12.8 Å². The lowest BCUT2D eigenvalue weighted by molar-refractivity contribution is 0.0617. The molecule has 0 aromatic heterocycles. The average Bonchev–Trinajstić information content (AvgIpc) is 2.81. The Morgan fingerprint density at radius 2 is 1.48 bits per heavy atom. The maximum Gasteiger partial charge on any atom is -0.0143 e. The van der Waals surface area contributed by atoms with Crippen molar-refractivity contribution < 1.29 is 0 Å². The molecule has 21 heavy (non-hydrogen) atoms. The van der Waals surface area contributed by atoms with Crippen LogP contribution in [0.4, 0.5) is 0 Å². The summed E-state index contributed by atoms with van der Waals surface area (Å²) in [6.07, 6.45) is 18.0. The topological polar surface area (TPSA) is 0 Å². The molecule has 0 heteroatoms. The Bertz CT molecular complexity index is 406. The minimum absolute atomic E-state index is 0.942. The molecule has 0 N–H and O–H groups in total. The van der Waals surface area contributed by atoms with E-state index in [0.29, 0.717) is 0 Å². The monoisotopic (exact) mass is 286 g/mol. The van der Waals surface area contributed by atoms with Crippen LogP contribution in [0.5, 0.6) is 0 Å². The Kier molecular flexibility index (Phi) is 3.92. The quantitative estimate of drug-likeness (QED) is 0.464. The summed E-state index contributed by atoms with van der Waals surface area (Å²) in [5.41, 5.74) is 1.98. The fraction of sp³-hybridized carbons (Fsp3) is 0.905. The summed E-state index contributed by atoms with van der Waals surface area (Å²) in [6.45, 7) is 5.04. The molecule has 4 aliphatic rings. The van der Waals surface area contributed by atoms with Crippen LogP contribution in [0.3, 0.4) is 0 Å². The zero-order valence-electron chi connectivity index (χ0n) is 14.2. The van der Waals surface area contributed by atoms with Gasteiger partial charge in [0.25, 0.3) is 0 Å². The molecule has 2 bridgehead atoms. The fourth-order valence-electron chi connectivity index (χ4n) is 6.18. The number of allylic oxidation sites excluding steroid dienone is 2. The van der Waals surface area contributed by atoms with E-state index < -0.39 is 0 Å². The molecule has 0 aromatic rings. The molecule has 0 spiro atoms. The van der Waals surface area contributed by atoms with Gasteiger partial charge in [-0.25, -0.2) is 0 Å². The Morgan fingerprint density at radius 1 is 0.762 bits per heavy atom. The molecule has 0 saturated heterocycles. The van der Waals surface area contributed by atoms with Gasteiger partial charge >= 0.3 is 0 Å². The summed E-state index contributed by atoms with van der Waals surface area (Å²) >= 11 is 0. The van der Waals surface area contributed by atoms with Gasteiger partial charge in [-0.05, 0) is 86.4 Å². The summed E-state index contributed by atoms with van der Waals surface area (Å²) in [4.78, 5) is 0. The molecule has 0 radical (unpaired) electrons. The van der Waals surface area contributed by atoms with Crippen molar-refractivity contribution in [3.8, 4) is 0 Å². The number of hydrogen-bond acceptors (Lipinski definition) is 0. The van der Waals surface area contributed by atoms with Crippen LogP contribution in [-0.4, -0.2) is 0 Å². The molecule has 4 aliphatic carbocycles. The SMILES string of the molecule is CC1CC[C@@H]2C=C3C(CCCCC4C[C@@H](CCC1C)C34)C2. The van der Waals surface area contributed by atoms with Crippen LogP contribution in [0.15, 0.2) is 11.6 Å². The van der Waals surface area contributed by atoms with Gasteiger partial charge in [-0.15, -0.1) is 0 Å².